The molecule has 0 bridgehead atoms. The predicted molar refractivity (Wildman–Crippen MR) is 176 cm³/mol. The molecule has 1 aliphatic carbocycles. The van der Waals surface area contributed by atoms with Crippen LogP contribution in [0.15, 0.2) is 39.9 Å². The number of nitrogens with zero attached hydrogens (tertiary/aromatic N) is 2. The van der Waals surface area contributed by atoms with Gasteiger partial charge in [-0.15, -0.1) is 11.3 Å². The molecule has 4 atom stereocenters. The lowest BCUT2D eigenvalue weighted by molar-refractivity contribution is -0.120. The van der Waals surface area contributed by atoms with Gasteiger partial charge in [0, 0.05) is 44.3 Å². The summed E-state index contributed by atoms with van der Waals surface area (Å²) >= 11 is 1.17. The van der Waals surface area contributed by atoms with Crippen LogP contribution in [-0.4, -0.2) is 86.1 Å². The number of thiophene rings is 1. The van der Waals surface area contributed by atoms with Crippen molar-refractivity contribution >= 4 is 38.9 Å². The van der Waals surface area contributed by atoms with Gasteiger partial charge in [-0.25, -0.2) is 8.42 Å². The number of anilines is 1. The molecule has 2 N–H and O–H groups in total. The lowest BCUT2D eigenvalue weighted by Gasteiger charge is -2.35. The quantitative estimate of drug-likeness (QED) is 0.388. The van der Waals surface area contributed by atoms with Crippen molar-refractivity contribution in [2.75, 3.05) is 38.7 Å². The summed E-state index contributed by atoms with van der Waals surface area (Å²) in [5, 5.41) is 14.9. The maximum atomic E-state index is 14.3. The summed E-state index contributed by atoms with van der Waals surface area (Å²) in [6.45, 7) is 6.18. The molecule has 0 spiro atoms. The molecule has 0 unspecified atom stereocenters. The van der Waals surface area contributed by atoms with Crippen LogP contribution in [-0.2, 0) is 19.6 Å². The van der Waals surface area contributed by atoms with E-state index in [9.17, 15) is 23.1 Å². The van der Waals surface area contributed by atoms with E-state index in [1.807, 2.05) is 13.8 Å². The van der Waals surface area contributed by atoms with Gasteiger partial charge in [0.05, 0.1) is 30.4 Å². The number of nitrogens with one attached hydrogen (secondary N) is 1. The second-order valence-corrected chi connectivity index (χ2v) is 15.8. The second-order valence-electron chi connectivity index (χ2n) is 12.6. The van der Waals surface area contributed by atoms with Gasteiger partial charge in [0.15, 0.2) is 0 Å². The van der Waals surface area contributed by atoms with Gasteiger partial charge in [-0.3, -0.25) is 9.59 Å². The number of rotatable bonds is 8. The fraction of sp³-hybridized carbons (Fsp3) is 0.636. The van der Waals surface area contributed by atoms with Crippen LogP contribution in [0.25, 0.3) is 0 Å². The second kappa shape index (κ2) is 16.4. The van der Waals surface area contributed by atoms with Crippen LogP contribution >= 0.6 is 11.3 Å². The number of aliphatic hydroxyl groups excluding tert-OH is 1. The number of hydrogen-bond acceptors (Lipinski definition) is 8. The van der Waals surface area contributed by atoms with E-state index >= 15 is 0 Å². The first-order valence-electron chi connectivity index (χ1n) is 16.2. The molecule has 4 rings (SSSR count). The van der Waals surface area contributed by atoms with Gasteiger partial charge < -0.3 is 24.8 Å². The number of fused-ring (bicyclic) bond motifs is 1. The normalized spacial score (nSPS) is 23.6. The Morgan fingerprint density at radius 3 is 2.56 bits per heavy atom. The average molecular weight is 664 g/mol. The number of carbonyl (C=O) groups excluding carboxylic acids is 2. The van der Waals surface area contributed by atoms with Crippen molar-refractivity contribution in [3.63, 3.8) is 0 Å². The van der Waals surface area contributed by atoms with Gasteiger partial charge >= 0.3 is 0 Å². The number of aliphatic hydroxyl groups is 1. The van der Waals surface area contributed by atoms with Crippen LogP contribution in [0, 0.1) is 11.8 Å². The Hall–Kier alpha value is -2.51. The van der Waals surface area contributed by atoms with E-state index in [2.05, 4.69) is 5.32 Å². The number of benzene rings is 1. The van der Waals surface area contributed by atoms with Gasteiger partial charge in [0.2, 0.25) is 5.91 Å². The van der Waals surface area contributed by atoms with Crippen molar-refractivity contribution in [2.45, 2.75) is 94.6 Å². The maximum Gasteiger partial charge on any atom is 0.258 e. The molecule has 12 heteroatoms. The molecule has 1 aliphatic heterocycles. The van der Waals surface area contributed by atoms with Gasteiger partial charge in [0.25, 0.3) is 15.9 Å². The van der Waals surface area contributed by atoms with Crippen molar-refractivity contribution in [3.8, 4) is 5.75 Å². The van der Waals surface area contributed by atoms with Crippen LogP contribution in [0.2, 0.25) is 0 Å². The van der Waals surface area contributed by atoms with Crippen molar-refractivity contribution < 1.29 is 32.6 Å². The Kier molecular flexibility index (Phi) is 12.8. The highest BCUT2D eigenvalue weighted by molar-refractivity contribution is 7.91. The fourth-order valence-corrected chi connectivity index (χ4v) is 8.37. The van der Waals surface area contributed by atoms with Crippen LogP contribution in [0.1, 0.15) is 82.5 Å². The van der Waals surface area contributed by atoms with E-state index in [0.29, 0.717) is 23.6 Å². The van der Waals surface area contributed by atoms with E-state index in [0.717, 1.165) is 51.4 Å². The molecule has 0 saturated heterocycles. The first-order valence-corrected chi connectivity index (χ1v) is 18.5. The minimum atomic E-state index is -3.69. The highest BCUT2D eigenvalue weighted by atomic mass is 32.2. The summed E-state index contributed by atoms with van der Waals surface area (Å²) in [7, 11) is -2.15. The largest absolute Gasteiger partial charge is 0.490 e. The Morgan fingerprint density at radius 1 is 1.13 bits per heavy atom. The molecular weight excluding hydrogens is 615 g/mol. The monoisotopic (exact) mass is 663 g/mol. The zero-order chi connectivity index (χ0) is 32.6. The third-order valence-electron chi connectivity index (χ3n) is 8.89. The molecule has 1 fully saturated rings. The van der Waals surface area contributed by atoms with Crippen molar-refractivity contribution in [3.05, 3.63) is 41.3 Å². The summed E-state index contributed by atoms with van der Waals surface area (Å²) in [5.74, 6) is -0.255. The van der Waals surface area contributed by atoms with E-state index < -0.39 is 22.2 Å². The molecule has 2 amide bonds. The van der Waals surface area contributed by atoms with Gasteiger partial charge in [-0.1, -0.05) is 32.3 Å². The lowest BCUT2D eigenvalue weighted by atomic mass is 9.88. The highest BCUT2D eigenvalue weighted by Crippen LogP contribution is 2.30. The Morgan fingerprint density at radius 2 is 1.87 bits per heavy atom. The van der Waals surface area contributed by atoms with Gasteiger partial charge in [-0.2, -0.15) is 4.31 Å². The van der Waals surface area contributed by atoms with Crippen molar-refractivity contribution in [1.82, 2.24) is 9.21 Å². The van der Waals surface area contributed by atoms with Crippen molar-refractivity contribution in [1.29, 1.82) is 0 Å². The Bertz CT molecular complexity index is 1360. The van der Waals surface area contributed by atoms with E-state index in [-0.39, 0.29) is 53.7 Å². The molecular formula is C33H49N3O7S2. The van der Waals surface area contributed by atoms with E-state index in [1.54, 1.807) is 54.6 Å². The number of likely N-dealkylation sites (N-methyl/N-ethyl adjacent to an activating group) is 1. The molecule has 2 aliphatic rings. The maximum absolute atomic E-state index is 14.3. The number of ether oxygens (including phenoxy) is 2. The Labute approximate surface area is 272 Å². The molecule has 2 aromatic rings. The minimum Gasteiger partial charge on any atom is -0.490 e. The van der Waals surface area contributed by atoms with E-state index in [4.69, 9.17) is 9.47 Å². The lowest BCUT2D eigenvalue weighted by Crippen LogP contribution is -2.48. The standard InChI is InChI=1S/C33H49N3O7S2/c1-23-20-36(24(2)22-37)33(39)28-19-27(34-32(38)26-12-6-5-7-13-26)15-16-29(28)43-25(3)11-8-9-17-42-30(23)21-35(4)45(40,41)31-14-10-18-44-31/h10,14-16,18-19,23-26,30,37H,5-9,11-13,17,20-22H2,1-4H3,(H,34,38)/t23-,24+,25+,30-/m1/s1. The summed E-state index contributed by atoms with van der Waals surface area (Å²) in [6, 6.07) is 7.96. The zero-order valence-corrected chi connectivity index (χ0v) is 28.6. The molecule has 2 heterocycles. The van der Waals surface area contributed by atoms with Crippen molar-refractivity contribution in [2.24, 2.45) is 11.8 Å². The molecule has 1 aromatic carbocycles. The Balaban J connectivity index is 1.63. The number of carbonyl (C=O) groups is 2. The smallest absolute Gasteiger partial charge is 0.258 e. The van der Waals surface area contributed by atoms with Crippen LogP contribution in [0.3, 0.4) is 0 Å². The zero-order valence-electron chi connectivity index (χ0n) is 26.9. The average Bonchev–Trinajstić information content (AvgIpc) is 3.59. The summed E-state index contributed by atoms with van der Waals surface area (Å²) in [5.41, 5.74) is 0.837. The number of sulfonamides is 1. The topological polar surface area (TPSA) is 125 Å². The first-order chi connectivity index (χ1) is 21.5. The number of amides is 2. The van der Waals surface area contributed by atoms with Crippen LogP contribution in [0.5, 0.6) is 5.75 Å². The highest BCUT2D eigenvalue weighted by Gasteiger charge is 2.33. The number of hydrogen-bond donors (Lipinski definition) is 2. The minimum absolute atomic E-state index is 0.0342. The SMILES string of the molecule is C[C@@H]1CN([C@@H](C)CO)C(=O)c2cc(NC(=O)C3CCCCC3)ccc2O[C@@H](C)CCCCO[C@@H]1CN(C)S(=O)(=O)c1cccs1. The van der Waals surface area contributed by atoms with Gasteiger partial charge in [0.1, 0.15) is 9.96 Å². The summed E-state index contributed by atoms with van der Waals surface area (Å²) < 4.78 is 40.6. The molecule has 250 valence electrons. The molecule has 10 nitrogen and oxygen atoms in total. The predicted octanol–water partition coefficient (Wildman–Crippen LogP) is 5.38. The molecule has 1 saturated carbocycles. The van der Waals surface area contributed by atoms with Gasteiger partial charge in [-0.05, 0) is 75.6 Å². The van der Waals surface area contributed by atoms with E-state index in [1.165, 1.54) is 15.6 Å². The fourth-order valence-electron chi connectivity index (χ4n) is 5.99. The first kappa shape index (κ1) is 35.3. The summed E-state index contributed by atoms with van der Waals surface area (Å²) in [4.78, 5) is 29.0. The third kappa shape index (κ3) is 9.28. The van der Waals surface area contributed by atoms with Crippen LogP contribution in [0.4, 0.5) is 5.69 Å². The molecule has 45 heavy (non-hydrogen) atoms. The van der Waals surface area contributed by atoms with Crippen LogP contribution < -0.4 is 10.1 Å². The summed E-state index contributed by atoms with van der Waals surface area (Å²) in [6.07, 6.45) is 6.62. The molecule has 0 radical (unpaired) electrons. The molecule has 1 aromatic heterocycles. The third-order valence-corrected chi connectivity index (χ3v) is 12.1.